The molecule has 94 valence electrons. The van der Waals surface area contributed by atoms with Crippen LogP contribution in [0.5, 0.6) is 0 Å². The summed E-state index contributed by atoms with van der Waals surface area (Å²) in [5.74, 6) is 0.432. The molecule has 0 aliphatic rings. The summed E-state index contributed by atoms with van der Waals surface area (Å²) in [6, 6.07) is 7.66. The molecule has 0 aliphatic carbocycles. The molecule has 1 heterocycles. The molecule has 0 bridgehead atoms. The van der Waals surface area contributed by atoms with Gasteiger partial charge in [-0.15, -0.1) is 0 Å². The van der Waals surface area contributed by atoms with Gasteiger partial charge in [0.1, 0.15) is 17.0 Å². The third-order valence-electron chi connectivity index (χ3n) is 2.72. The molecule has 0 radical (unpaired) electrons. The van der Waals surface area contributed by atoms with Crippen LogP contribution in [-0.2, 0) is 0 Å². The summed E-state index contributed by atoms with van der Waals surface area (Å²) < 4.78 is 5.02. The van der Waals surface area contributed by atoms with Gasteiger partial charge in [0.2, 0.25) is 0 Å². The summed E-state index contributed by atoms with van der Waals surface area (Å²) in [5, 5.41) is 3.33. The molecule has 5 heteroatoms. The lowest BCUT2D eigenvalue weighted by atomic mass is 10.1. The Hall–Kier alpha value is -1.81. The molecule has 0 N–H and O–H groups in total. The van der Waals surface area contributed by atoms with Gasteiger partial charge >= 0.3 is 0 Å². The summed E-state index contributed by atoms with van der Waals surface area (Å²) in [4.78, 5) is 13.3. The molecular weight excluding hydrogens is 252 g/mol. The molecule has 1 aromatic heterocycles. The predicted molar refractivity (Wildman–Crippen MR) is 71.2 cm³/mol. The molecule has 0 unspecified atom stereocenters. The van der Waals surface area contributed by atoms with Crippen molar-refractivity contribution in [2.24, 2.45) is 0 Å². The standard InChI is InChI=1S/C13H13ClN2O2/c1-8-11(13(14)17)12(15-18-8)9-4-6-10(7-5-9)16(2)3/h4-7H,1-3H3. The van der Waals surface area contributed by atoms with Crippen LogP contribution in [0.1, 0.15) is 16.1 Å². The topological polar surface area (TPSA) is 46.3 Å². The maximum absolute atomic E-state index is 11.4. The highest BCUT2D eigenvalue weighted by molar-refractivity contribution is 6.68. The first-order valence-corrected chi connectivity index (χ1v) is 5.82. The van der Waals surface area contributed by atoms with Gasteiger partial charge < -0.3 is 9.42 Å². The summed E-state index contributed by atoms with van der Waals surface area (Å²) in [6.45, 7) is 1.67. The van der Waals surface area contributed by atoms with Crippen LogP contribution in [0.3, 0.4) is 0 Å². The van der Waals surface area contributed by atoms with E-state index in [2.05, 4.69) is 5.16 Å². The smallest absolute Gasteiger partial charge is 0.258 e. The minimum atomic E-state index is -0.555. The molecule has 1 aromatic carbocycles. The number of hydrogen-bond donors (Lipinski definition) is 0. The summed E-state index contributed by atoms with van der Waals surface area (Å²) in [7, 11) is 3.92. The number of carbonyl (C=O) groups is 1. The van der Waals surface area contributed by atoms with Crippen LogP contribution in [0.4, 0.5) is 5.69 Å². The van der Waals surface area contributed by atoms with Gasteiger partial charge in [-0.1, -0.05) is 17.3 Å². The maximum Gasteiger partial charge on any atom is 0.258 e. The van der Waals surface area contributed by atoms with Crippen molar-refractivity contribution in [2.75, 3.05) is 19.0 Å². The fourth-order valence-corrected chi connectivity index (χ4v) is 1.94. The van der Waals surface area contributed by atoms with E-state index in [1.165, 1.54) is 0 Å². The quantitative estimate of drug-likeness (QED) is 0.799. The summed E-state index contributed by atoms with van der Waals surface area (Å²) in [5.41, 5.74) is 2.69. The fourth-order valence-electron chi connectivity index (χ4n) is 1.72. The summed E-state index contributed by atoms with van der Waals surface area (Å²) >= 11 is 5.54. The summed E-state index contributed by atoms with van der Waals surface area (Å²) in [6.07, 6.45) is 0. The molecule has 4 nitrogen and oxygen atoms in total. The van der Waals surface area contributed by atoms with Gasteiger partial charge in [-0.3, -0.25) is 4.79 Å². The van der Waals surface area contributed by atoms with E-state index >= 15 is 0 Å². The molecule has 0 fully saturated rings. The SMILES string of the molecule is Cc1onc(-c2ccc(N(C)C)cc2)c1C(=O)Cl. The van der Waals surface area contributed by atoms with E-state index in [9.17, 15) is 4.79 Å². The van der Waals surface area contributed by atoms with Gasteiger partial charge in [-0.2, -0.15) is 0 Å². The second kappa shape index (κ2) is 4.82. The number of aromatic nitrogens is 1. The van der Waals surface area contributed by atoms with E-state index in [0.717, 1.165) is 11.3 Å². The average Bonchev–Trinajstić information content (AvgIpc) is 2.71. The molecule has 0 aliphatic heterocycles. The van der Waals surface area contributed by atoms with Gasteiger partial charge in [-0.05, 0) is 30.7 Å². The molecule has 0 spiro atoms. The Labute approximate surface area is 110 Å². The molecule has 0 saturated carbocycles. The lowest BCUT2D eigenvalue weighted by Crippen LogP contribution is -2.08. The monoisotopic (exact) mass is 264 g/mol. The number of carbonyl (C=O) groups excluding carboxylic acids is 1. The Kier molecular flexibility index (Phi) is 3.39. The van der Waals surface area contributed by atoms with Crippen LogP contribution in [0.2, 0.25) is 0 Å². The number of benzene rings is 1. The van der Waals surface area contributed by atoms with Crippen LogP contribution >= 0.6 is 11.6 Å². The Morgan fingerprint density at radius 3 is 2.39 bits per heavy atom. The highest BCUT2D eigenvalue weighted by Gasteiger charge is 2.19. The van der Waals surface area contributed by atoms with Gasteiger partial charge in [-0.25, -0.2) is 0 Å². The van der Waals surface area contributed by atoms with E-state index in [-0.39, 0.29) is 0 Å². The van der Waals surface area contributed by atoms with E-state index in [4.69, 9.17) is 16.1 Å². The number of rotatable bonds is 3. The first kappa shape index (κ1) is 12.6. The zero-order valence-electron chi connectivity index (χ0n) is 10.4. The number of hydrogen-bond acceptors (Lipinski definition) is 4. The van der Waals surface area contributed by atoms with Crippen molar-refractivity contribution in [3.63, 3.8) is 0 Å². The van der Waals surface area contributed by atoms with E-state index < -0.39 is 5.24 Å². The minimum absolute atomic E-state index is 0.328. The van der Waals surface area contributed by atoms with Crippen LogP contribution < -0.4 is 4.90 Å². The fraction of sp³-hybridized carbons (Fsp3) is 0.231. The Balaban J connectivity index is 2.46. The molecule has 2 rings (SSSR count). The van der Waals surface area contributed by atoms with E-state index in [1.54, 1.807) is 6.92 Å². The largest absolute Gasteiger partial charge is 0.378 e. The van der Waals surface area contributed by atoms with Crippen molar-refractivity contribution in [3.8, 4) is 11.3 Å². The van der Waals surface area contributed by atoms with Crippen molar-refractivity contribution in [1.82, 2.24) is 5.16 Å². The minimum Gasteiger partial charge on any atom is -0.378 e. The highest BCUT2D eigenvalue weighted by atomic mass is 35.5. The van der Waals surface area contributed by atoms with Crippen molar-refractivity contribution in [1.29, 1.82) is 0 Å². The predicted octanol–water partition coefficient (Wildman–Crippen LogP) is 3.10. The highest BCUT2D eigenvalue weighted by Crippen LogP contribution is 2.27. The number of anilines is 1. The maximum atomic E-state index is 11.4. The second-order valence-electron chi connectivity index (χ2n) is 4.18. The third-order valence-corrected chi connectivity index (χ3v) is 2.91. The van der Waals surface area contributed by atoms with Crippen molar-refractivity contribution in [2.45, 2.75) is 6.92 Å². The zero-order valence-corrected chi connectivity index (χ0v) is 11.2. The zero-order chi connectivity index (χ0) is 13.3. The van der Waals surface area contributed by atoms with E-state index in [0.29, 0.717) is 17.0 Å². The van der Waals surface area contributed by atoms with Gasteiger partial charge in [0.05, 0.1) is 0 Å². The van der Waals surface area contributed by atoms with Crippen LogP contribution in [0.15, 0.2) is 28.8 Å². The number of nitrogens with zero attached hydrogens (tertiary/aromatic N) is 2. The normalized spacial score (nSPS) is 10.4. The van der Waals surface area contributed by atoms with Crippen molar-refractivity contribution < 1.29 is 9.32 Å². The first-order valence-electron chi connectivity index (χ1n) is 5.44. The Bertz CT molecular complexity index is 573. The third kappa shape index (κ3) is 2.24. The van der Waals surface area contributed by atoms with Gasteiger partial charge in [0.15, 0.2) is 0 Å². The number of aryl methyl sites for hydroxylation is 1. The first-order chi connectivity index (χ1) is 8.50. The van der Waals surface area contributed by atoms with Gasteiger partial charge in [0, 0.05) is 25.3 Å². The lowest BCUT2D eigenvalue weighted by Gasteiger charge is -2.12. The molecular formula is C13H13ClN2O2. The molecule has 0 atom stereocenters. The van der Waals surface area contributed by atoms with Crippen molar-refractivity contribution >= 4 is 22.5 Å². The van der Waals surface area contributed by atoms with Crippen LogP contribution in [0, 0.1) is 6.92 Å². The molecule has 18 heavy (non-hydrogen) atoms. The Morgan fingerprint density at radius 1 is 1.28 bits per heavy atom. The molecule has 0 amide bonds. The average molecular weight is 265 g/mol. The Morgan fingerprint density at radius 2 is 1.89 bits per heavy atom. The van der Waals surface area contributed by atoms with Gasteiger partial charge in [0.25, 0.3) is 5.24 Å². The molecule has 2 aromatic rings. The second-order valence-corrected chi connectivity index (χ2v) is 4.52. The lowest BCUT2D eigenvalue weighted by molar-refractivity contribution is 0.108. The van der Waals surface area contributed by atoms with Crippen molar-refractivity contribution in [3.05, 3.63) is 35.6 Å². The molecule has 0 saturated heterocycles. The number of halogens is 1. The van der Waals surface area contributed by atoms with Crippen LogP contribution in [0.25, 0.3) is 11.3 Å². The van der Waals surface area contributed by atoms with E-state index in [1.807, 2.05) is 43.3 Å². The van der Waals surface area contributed by atoms with Crippen LogP contribution in [-0.4, -0.2) is 24.5 Å².